The maximum atomic E-state index is 6.04. The third-order valence-electron chi connectivity index (χ3n) is 5.43. The Kier molecular flexibility index (Phi) is 6.33. The van der Waals surface area contributed by atoms with E-state index in [1.54, 1.807) is 0 Å². The Hall–Kier alpha value is -0.730. The molecule has 1 aromatic rings. The van der Waals surface area contributed by atoms with Gasteiger partial charge in [-0.25, -0.2) is 0 Å². The summed E-state index contributed by atoms with van der Waals surface area (Å²) in [7, 11) is 1.85. The number of guanidine groups is 1. The lowest BCUT2D eigenvalue weighted by Crippen LogP contribution is -2.42. The number of halogens is 2. The van der Waals surface area contributed by atoms with Crippen LogP contribution in [-0.2, 0) is 4.74 Å². The summed E-state index contributed by atoms with van der Waals surface area (Å²) in [6.07, 6.45) is 3.44. The lowest BCUT2D eigenvalue weighted by atomic mass is 9.82. The summed E-state index contributed by atoms with van der Waals surface area (Å²) in [4.78, 5) is 6.82. The van der Waals surface area contributed by atoms with Crippen LogP contribution in [0.3, 0.4) is 0 Å². The van der Waals surface area contributed by atoms with Crippen LogP contribution >= 0.6 is 35.6 Å². The summed E-state index contributed by atoms with van der Waals surface area (Å²) in [6.45, 7) is 3.44. The second kappa shape index (κ2) is 8.31. The van der Waals surface area contributed by atoms with E-state index >= 15 is 0 Å². The van der Waals surface area contributed by atoms with Crippen molar-refractivity contribution in [2.24, 2.45) is 16.8 Å². The van der Waals surface area contributed by atoms with Crippen LogP contribution in [0.1, 0.15) is 12.8 Å². The number of aliphatic imine (C=N–C) groups is 1. The Morgan fingerprint density at radius 1 is 1.24 bits per heavy atom. The van der Waals surface area contributed by atoms with Gasteiger partial charge in [-0.2, -0.15) is 0 Å². The SMILES string of the molecule is CN=C(NCCOc1ccc(Cl)cc1)N1CC2C3CCC(O3)C2C1.I. The molecule has 0 aliphatic carbocycles. The molecule has 5 nitrogen and oxygen atoms in total. The van der Waals surface area contributed by atoms with Gasteiger partial charge in [0, 0.05) is 37.0 Å². The highest BCUT2D eigenvalue weighted by Gasteiger charge is 2.53. The molecule has 0 spiro atoms. The predicted octanol–water partition coefficient (Wildman–Crippen LogP) is 3.02. The molecule has 0 radical (unpaired) electrons. The number of ether oxygens (including phenoxy) is 2. The molecule has 4 unspecified atom stereocenters. The quantitative estimate of drug-likeness (QED) is 0.313. The molecule has 3 aliphatic heterocycles. The first-order valence-electron chi connectivity index (χ1n) is 8.74. The first kappa shape index (κ1) is 19.0. The number of benzene rings is 1. The number of rotatable bonds is 4. The van der Waals surface area contributed by atoms with Crippen LogP contribution in [0, 0.1) is 11.8 Å². The van der Waals surface area contributed by atoms with E-state index in [1.807, 2.05) is 31.3 Å². The van der Waals surface area contributed by atoms with E-state index in [9.17, 15) is 0 Å². The third-order valence-corrected chi connectivity index (χ3v) is 5.68. The van der Waals surface area contributed by atoms with Crippen molar-refractivity contribution >= 4 is 41.5 Å². The minimum Gasteiger partial charge on any atom is -0.492 e. The van der Waals surface area contributed by atoms with Gasteiger partial charge in [-0.3, -0.25) is 4.99 Å². The molecule has 3 saturated heterocycles. The maximum absolute atomic E-state index is 6.04. The van der Waals surface area contributed by atoms with Gasteiger partial charge in [-0.05, 0) is 37.1 Å². The number of likely N-dealkylation sites (tertiary alicyclic amines) is 1. The van der Waals surface area contributed by atoms with E-state index in [2.05, 4.69) is 15.2 Å². The first-order valence-corrected chi connectivity index (χ1v) is 9.12. The predicted molar refractivity (Wildman–Crippen MR) is 110 cm³/mol. The zero-order valence-corrected chi connectivity index (χ0v) is 17.4. The molecule has 0 aromatic heterocycles. The van der Waals surface area contributed by atoms with Gasteiger partial charge in [0.25, 0.3) is 0 Å². The topological polar surface area (TPSA) is 46.1 Å². The zero-order valence-electron chi connectivity index (χ0n) is 14.4. The van der Waals surface area contributed by atoms with Crippen LogP contribution in [0.2, 0.25) is 5.02 Å². The fourth-order valence-electron chi connectivity index (χ4n) is 4.33. The van der Waals surface area contributed by atoms with Crippen LogP contribution in [0.25, 0.3) is 0 Å². The van der Waals surface area contributed by atoms with Crippen molar-refractivity contribution in [2.45, 2.75) is 25.0 Å². The fourth-order valence-corrected chi connectivity index (χ4v) is 4.45. The largest absolute Gasteiger partial charge is 0.492 e. The van der Waals surface area contributed by atoms with Crippen molar-refractivity contribution < 1.29 is 9.47 Å². The number of fused-ring (bicyclic) bond motifs is 5. The molecule has 3 heterocycles. The van der Waals surface area contributed by atoms with Crippen molar-refractivity contribution in [3.05, 3.63) is 29.3 Å². The van der Waals surface area contributed by atoms with E-state index < -0.39 is 0 Å². The van der Waals surface area contributed by atoms with Crippen LogP contribution in [-0.4, -0.2) is 56.4 Å². The first-order chi connectivity index (χ1) is 11.7. The molecule has 0 amide bonds. The van der Waals surface area contributed by atoms with Crippen LogP contribution < -0.4 is 10.1 Å². The Balaban J connectivity index is 0.00000182. The summed E-state index contributed by atoms with van der Waals surface area (Å²) in [5.41, 5.74) is 0. The number of hydrogen-bond acceptors (Lipinski definition) is 3. The minimum atomic E-state index is 0. The molecule has 7 heteroatoms. The van der Waals surface area contributed by atoms with Gasteiger partial charge in [0.1, 0.15) is 12.4 Å². The highest BCUT2D eigenvalue weighted by molar-refractivity contribution is 14.0. The summed E-state index contributed by atoms with van der Waals surface area (Å²) >= 11 is 5.87. The summed E-state index contributed by atoms with van der Waals surface area (Å²) in [5, 5.41) is 4.14. The van der Waals surface area contributed by atoms with Crippen molar-refractivity contribution in [1.29, 1.82) is 0 Å². The van der Waals surface area contributed by atoms with Gasteiger partial charge < -0.3 is 19.7 Å². The van der Waals surface area contributed by atoms with Gasteiger partial charge in [-0.15, -0.1) is 24.0 Å². The number of nitrogens with one attached hydrogen (secondary N) is 1. The average Bonchev–Trinajstić information content (AvgIpc) is 3.29. The molecule has 3 fully saturated rings. The average molecular weight is 478 g/mol. The van der Waals surface area contributed by atoms with Gasteiger partial charge in [-0.1, -0.05) is 11.6 Å². The van der Waals surface area contributed by atoms with E-state index in [0.29, 0.717) is 30.7 Å². The van der Waals surface area contributed by atoms with Gasteiger partial charge in [0.15, 0.2) is 5.96 Å². The van der Waals surface area contributed by atoms with Crippen LogP contribution in [0.4, 0.5) is 0 Å². The monoisotopic (exact) mass is 477 g/mol. The molecule has 0 saturated carbocycles. The second-order valence-electron chi connectivity index (χ2n) is 6.80. The van der Waals surface area contributed by atoms with E-state index in [0.717, 1.165) is 36.4 Å². The molecule has 2 bridgehead atoms. The molecular formula is C18H25ClIN3O2. The Bertz CT molecular complexity index is 595. The Labute approximate surface area is 171 Å². The summed E-state index contributed by atoms with van der Waals surface area (Å²) < 4.78 is 11.8. The van der Waals surface area contributed by atoms with Crippen molar-refractivity contribution in [1.82, 2.24) is 10.2 Å². The molecule has 138 valence electrons. The van der Waals surface area contributed by atoms with Crippen LogP contribution in [0.15, 0.2) is 29.3 Å². The van der Waals surface area contributed by atoms with Crippen molar-refractivity contribution in [2.75, 3.05) is 33.3 Å². The Morgan fingerprint density at radius 2 is 1.88 bits per heavy atom. The van der Waals surface area contributed by atoms with Gasteiger partial charge in [0.2, 0.25) is 0 Å². The second-order valence-corrected chi connectivity index (χ2v) is 7.24. The zero-order chi connectivity index (χ0) is 16.5. The molecule has 25 heavy (non-hydrogen) atoms. The highest BCUT2D eigenvalue weighted by atomic mass is 127. The fraction of sp³-hybridized carbons (Fsp3) is 0.611. The Morgan fingerprint density at radius 3 is 2.48 bits per heavy atom. The molecule has 3 aliphatic rings. The van der Waals surface area contributed by atoms with Crippen LogP contribution in [0.5, 0.6) is 5.75 Å². The lowest BCUT2D eigenvalue weighted by Gasteiger charge is -2.23. The smallest absolute Gasteiger partial charge is 0.193 e. The van der Waals surface area contributed by atoms with Gasteiger partial charge in [0.05, 0.1) is 18.8 Å². The summed E-state index contributed by atoms with van der Waals surface area (Å²) in [6, 6.07) is 7.44. The highest BCUT2D eigenvalue weighted by Crippen LogP contribution is 2.47. The molecule has 4 rings (SSSR count). The standard InChI is InChI=1S/C18H24ClN3O2.HI/c1-20-18(21-8-9-23-13-4-2-12(19)3-5-13)22-10-14-15(11-22)17-7-6-16(14)24-17;/h2-5,14-17H,6-11H2,1H3,(H,20,21);1H. The van der Waals surface area contributed by atoms with Crippen molar-refractivity contribution in [3.63, 3.8) is 0 Å². The number of hydrogen-bond donors (Lipinski definition) is 1. The van der Waals surface area contributed by atoms with E-state index in [1.165, 1.54) is 12.8 Å². The van der Waals surface area contributed by atoms with Gasteiger partial charge >= 0.3 is 0 Å². The molecular weight excluding hydrogens is 453 g/mol. The van der Waals surface area contributed by atoms with E-state index in [-0.39, 0.29) is 24.0 Å². The minimum absolute atomic E-state index is 0. The lowest BCUT2D eigenvalue weighted by molar-refractivity contribution is 0.0767. The van der Waals surface area contributed by atoms with Crippen molar-refractivity contribution in [3.8, 4) is 5.75 Å². The van der Waals surface area contributed by atoms with E-state index in [4.69, 9.17) is 21.1 Å². The molecule has 1 aromatic carbocycles. The summed E-state index contributed by atoms with van der Waals surface area (Å²) in [5.74, 6) is 3.18. The molecule has 4 atom stereocenters. The number of nitrogens with zero attached hydrogens (tertiary/aromatic N) is 2. The maximum Gasteiger partial charge on any atom is 0.193 e. The third kappa shape index (κ3) is 4.01. The normalized spacial score (nSPS) is 30.2. The molecule has 1 N–H and O–H groups in total.